The molecule has 1 heterocycles. The van der Waals surface area contributed by atoms with Crippen molar-refractivity contribution in [1.29, 1.82) is 0 Å². The molecule has 0 bridgehead atoms. The lowest BCUT2D eigenvalue weighted by Gasteiger charge is -2.23. The third-order valence-electron chi connectivity index (χ3n) is 3.92. The van der Waals surface area contributed by atoms with Crippen LogP contribution in [0.1, 0.15) is 20.3 Å². The Balaban J connectivity index is 1.94. The zero-order valence-electron chi connectivity index (χ0n) is 14.1. The number of amides is 3. The maximum Gasteiger partial charge on any atom is 0.315 e. The Bertz CT molecular complexity index is 734. The third kappa shape index (κ3) is 5.89. The van der Waals surface area contributed by atoms with E-state index in [1.165, 1.54) is 0 Å². The van der Waals surface area contributed by atoms with Crippen LogP contribution in [0.15, 0.2) is 24.3 Å². The first-order valence-electron chi connectivity index (χ1n) is 8.00. The Kier molecular flexibility index (Phi) is 6.29. The standard InChI is InChI=1S/C16H22ClN3O4S/c1-10(2)14(15(21)18-12-5-3-11(17)4-6-12)20-16(22)19-13-7-8-25(23,24)9-13/h3-6,10,13-14H,7-9H2,1-2H3,(H,18,21)(H2,19,20,22)/t13?,14-/m1/s1. The lowest BCUT2D eigenvalue weighted by molar-refractivity contribution is -0.118. The fraction of sp³-hybridized carbons (Fsp3) is 0.500. The summed E-state index contributed by atoms with van der Waals surface area (Å²) >= 11 is 5.81. The second kappa shape index (κ2) is 8.05. The van der Waals surface area contributed by atoms with E-state index in [1.54, 1.807) is 24.3 Å². The van der Waals surface area contributed by atoms with Gasteiger partial charge in [0.1, 0.15) is 6.04 Å². The van der Waals surface area contributed by atoms with Gasteiger partial charge in [0.15, 0.2) is 9.84 Å². The quantitative estimate of drug-likeness (QED) is 0.716. The number of halogens is 1. The Morgan fingerprint density at radius 1 is 1.20 bits per heavy atom. The Hall–Kier alpha value is -1.80. The van der Waals surface area contributed by atoms with Crippen LogP contribution >= 0.6 is 11.6 Å². The molecule has 7 nitrogen and oxygen atoms in total. The van der Waals surface area contributed by atoms with Gasteiger partial charge in [-0.15, -0.1) is 0 Å². The van der Waals surface area contributed by atoms with Gasteiger partial charge in [0.05, 0.1) is 11.5 Å². The molecule has 2 atom stereocenters. The minimum Gasteiger partial charge on any atom is -0.334 e. The van der Waals surface area contributed by atoms with Crippen LogP contribution in [-0.2, 0) is 14.6 Å². The van der Waals surface area contributed by atoms with Crippen LogP contribution in [0, 0.1) is 5.92 Å². The van der Waals surface area contributed by atoms with Gasteiger partial charge in [0, 0.05) is 16.8 Å². The molecule has 3 amide bonds. The van der Waals surface area contributed by atoms with Gasteiger partial charge in [-0.25, -0.2) is 13.2 Å². The minimum atomic E-state index is -3.08. The van der Waals surface area contributed by atoms with Crippen LogP contribution in [-0.4, -0.2) is 43.9 Å². The van der Waals surface area contributed by atoms with Crippen molar-refractivity contribution < 1.29 is 18.0 Å². The zero-order valence-corrected chi connectivity index (χ0v) is 15.7. The van der Waals surface area contributed by atoms with Gasteiger partial charge >= 0.3 is 6.03 Å². The molecule has 1 unspecified atom stereocenters. The second-order valence-corrected chi connectivity index (χ2v) is 9.10. The summed E-state index contributed by atoms with van der Waals surface area (Å²) in [6.07, 6.45) is 0.388. The minimum absolute atomic E-state index is 0.0657. The fourth-order valence-electron chi connectivity index (χ4n) is 2.57. The average Bonchev–Trinajstić information content (AvgIpc) is 2.85. The molecule has 1 aliphatic rings. The molecule has 1 fully saturated rings. The number of carbonyl (C=O) groups excluding carboxylic acids is 2. The van der Waals surface area contributed by atoms with Crippen molar-refractivity contribution in [2.75, 3.05) is 16.8 Å². The number of carbonyl (C=O) groups is 2. The van der Waals surface area contributed by atoms with Gasteiger partial charge in [-0.2, -0.15) is 0 Å². The van der Waals surface area contributed by atoms with E-state index in [1.807, 2.05) is 13.8 Å². The van der Waals surface area contributed by atoms with Crippen LogP contribution in [0.4, 0.5) is 10.5 Å². The summed E-state index contributed by atoms with van der Waals surface area (Å²) in [5.74, 6) is -0.497. The number of urea groups is 1. The molecule has 1 aromatic rings. The summed E-state index contributed by atoms with van der Waals surface area (Å²) in [6, 6.07) is 4.92. The molecular formula is C16H22ClN3O4S. The number of hydrogen-bond donors (Lipinski definition) is 3. The molecule has 1 saturated heterocycles. The number of sulfone groups is 1. The van der Waals surface area contributed by atoms with Crippen molar-refractivity contribution in [3.8, 4) is 0 Å². The van der Waals surface area contributed by atoms with E-state index >= 15 is 0 Å². The molecule has 0 aliphatic carbocycles. The van der Waals surface area contributed by atoms with E-state index in [-0.39, 0.29) is 23.3 Å². The van der Waals surface area contributed by atoms with Crippen LogP contribution in [0.2, 0.25) is 5.02 Å². The molecule has 138 valence electrons. The van der Waals surface area contributed by atoms with Gasteiger partial charge in [0.2, 0.25) is 5.91 Å². The first-order chi connectivity index (χ1) is 11.7. The van der Waals surface area contributed by atoms with E-state index in [0.29, 0.717) is 17.1 Å². The number of rotatable bonds is 5. The maximum atomic E-state index is 12.4. The molecule has 1 aromatic carbocycles. The molecule has 3 N–H and O–H groups in total. The summed E-state index contributed by atoms with van der Waals surface area (Å²) in [6.45, 7) is 3.62. The fourth-order valence-corrected chi connectivity index (χ4v) is 4.36. The molecule has 25 heavy (non-hydrogen) atoms. The van der Waals surface area contributed by atoms with Crippen molar-refractivity contribution in [1.82, 2.24) is 10.6 Å². The number of anilines is 1. The van der Waals surface area contributed by atoms with Crippen molar-refractivity contribution in [3.63, 3.8) is 0 Å². The van der Waals surface area contributed by atoms with Crippen LogP contribution in [0.5, 0.6) is 0 Å². The number of benzene rings is 1. The van der Waals surface area contributed by atoms with Crippen molar-refractivity contribution in [2.24, 2.45) is 5.92 Å². The monoisotopic (exact) mass is 387 g/mol. The molecule has 0 aromatic heterocycles. The van der Waals surface area contributed by atoms with Crippen molar-refractivity contribution in [2.45, 2.75) is 32.4 Å². The van der Waals surface area contributed by atoms with Gasteiger partial charge in [-0.1, -0.05) is 25.4 Å². The van der Waals surface area contributed by atoms with Crippen LogP contribution in [0.3, 0.4) is 0 Å². The van der Waals surface area contributed by atoms with Crippen LogP contribution in [0.25, 0.3) is 0 Å². The SMILES string of the molecule is CC(C)[C@@H](NC(=O)NC1CCS(=O)(=O)C1)C(=O)Nc1ccc(Cl)cc1. The Morgan fingerprint density at radius 2 is 1.84 bits per heavy atom. The summed E-state index contributed by atoms with van der Waals surface area (Å²) in [7, 11) is -3.08. The zero-order chi connectivity index (χ0) is 18.6. The van der Waals surface area contributed by atoms with Gasteiger partial charge in [0.25, 0.3) is 0 Å². The molecule has 1 aliphatic heterocycles. The van der Waals surface area contributed by atoms with E-state index < -0.39 is 28.0 Å². The van der Waals surface area contributed by atoms with Crippen LogP contribution < -0.4 is 16.0 Å². The highest BCUT2D eigenvalue weighted by Gasteiger charge is 2.30. The van der Waals surface area contributed by atoms with Crippen molar-refractivity contribution in [3.05, 3.63) is 29.3 Å². The average molecular weight is 388 g/mol. The second-order valence-electron chi connectivity index (χ2n) is 6.44. The van der Waals surface area contributed by atoms with E-state index in [4.69, 9.17) is 11.6 Å². The summed E-state index contributed by atoms with van der Waals surface area (Å²) in [5.41, 5.74) is 0.573. The largest absolute Gasteiger partial charge is 0.334 e. The first kappa shape index (κ1) is 19.5. The molecular weight excluding hydrogens is 366 g/mol. The highest BCUT2D eigenvalue weighted by atomic mass is 35.5. The van der Waals surface area contributed by atoms with Gasteiger partial charge in [-0.05, 0) is 36.6 Å². The summed E-state index contributed by atoms with van der Waals surface area (Å²) in [4.78, 5) is 24.5. The Morgan fingerprint density at radius 3 is 2.36 bits per heavy atom. The topological polar surface area (TPSA) is 104 Å². The molecule has 2 rings (SSSR count). The lowest BCUT2D eigenvalue weighted by Crippen LogP contribution is -2.52. The number of hydrogen-bond acceptors (Lipinski definition) is 4. The molecule has 9 heteroatoms. The first-order valence-corrected chi connectivity index (χ1v) is 10.2. The normalized spacial score (nSPS) is 20.1. The predicted molar refractivity (Wildman–Crippen MR) is 97.4 cm³/mol. The van der Waals surface area contributed by atoms with Gasteiger partial charge in [-0.3, -0.25) is 4.79 Å². The third-order valence-corrected chi connectivity index (χ3v) is 5.94. The lowest BCUT2D eigenvalue weighted by atomic mass is 10.0. The van der Waals surface area contributed by atoms with Gasteiger partial charge < -0.3 is 16.0 Å². The predicted octanol–water partition coefficient (Wildman–Crippen LogP) is 1.79. The smallest absolute Gasteiger partial charge is 0.315 e. The number of nitrogens with one attached hydrogen (secondary N) is 3. The highest BCUT2D eigenvalue weighted by Crippen LogP contribution is 2.15. The molecule has 0 saturated carbocycles. The molecule has 0 spiro atoms. The van der Waals surface area contributed by atoms with E-state index in [2.05, 4.69) is 16.0 Å². The summed E-state index contributed by atoms with van der Waals surface area (Å²) < 4.78 is 22.9. The molecule has 0 radical (unpaired) electrons. The highest BCUT2D eigenvalue weighted by molar-refractivity contribution is 7.91. The van der Waals surface area contributed by atoms with E-state index in [9.17, 15) is 18.0 Å². The Labute approximate surface area is 152 Å². The summed E-state index contributed by atoms with van der Waals surface area (Å²) in [5, 5.41) is 8.52. The van der Waals surface area contributed by atoms with E-state index in [0.717, 1.165) is 0 Å². The maximum absolute atomic E-state index is 12.4. The van der Waals surface area contributed by atoms with Crippen molar-refractivity contribution >= 4 is 39.1 Å².